The number of hydrogen-bond donors (Lipinski definition) is 1. The third-order valence-corrected chi connectivity index (χ3v) is 3.13. The molecule has 0 aliphatic heterocycles. The van der Waals surface area contributed by atoms with Crippen LogP contribution < -0.4 is 10.1 Å². The molecule has 0 atom stereocenters. The van der Waals surface area contributed by atoms with Crippen LogP contribution in [0.5, 0.6) is 5.88 Å². The quantitative estimate of drug-likeness (QED) is 0.848. The molecule has 0 amide bonds. The molecule has 112 valence electrons. The number of anilines is 1. The van der Waals surface area contributed by atoms with Crippen molar-refractivity contribution >= 4 is 5.82 Å². The van der Waals surface area contributed by atoms with E-state index in [0.717, 1.165) is 42.3 Å². The molecule has 0 saturated heterocycles. The SMILES string of the molecule is CCNc1nc(CC)nc(OCCc2ccccn2)c1C. The van der Waals surface area contributed by atoms with Crippen LogP contribution in [-0.4, -0.2) is 28.1 Å². The molecule has 0 unspecified atom stereocenters. The van der Waals surface area contributed by atoms with Gasteiger partial charge in [0.1, 0.15) is 11.6 Å². The molecule has 1 N–H and O–H groups in total. The molecular formula is C16H22N4O. The highest BCUT2D eigenvalue weighted by Crippen LogP contribution is 2.22. The van der Waals surface area contributed by atoms with E-state index in [4.69, 9.17) is 4.74 Å². The smallest absolute Gasteiger partial charge is 0.221 e. The van der Waals surface area contributed by atoms with Gasteiger partial charge in [-0.3, -0.25) is 4.98 Å². The normalized spacial score (nSPS) is 10.4. The summed E-state index contributed by atoms with van der Waals surface area (Å²) in [4.78, 5) is 13.3. The first-order valence-electron chi connectivity index (χ1n) is 7.38. The highest BCUT2D eigenvalue weighted by Gasteiger charge is 2.11. The molecular weight excluding hydrogens is 264 g/mol. The molecule has 0 bridgehead atoms. The topological polar surface area (TPSA) is 59.9 Å². The highest BCUT2D eigenvalue weighted by atomic mass is 16.5. The number of rotatable bonds is 7. The molecule has 2 aromatic rings. The van der Waals surface area contributed by atoms with Crippen LogP contribution >= 0.6 is 0 Å². The fraction of sp³-hybridized carbons (Fsp3) is 0.438. The van der Waals surface area contributed by atoms with Crippen molar-refractivity contribution in [1.82, 2.24) is 15.0 Å². The Morgan fingerprint density at radius 3 is 2.71 bits per heavy atom. The zero-order chi connectivity index (χ0) is 15.1. The van der Waals surface area contributed by atoms with Crippen molar-refractivity contribution < 1.29 is 4.74 Å². The van der Waals surface area contributed by atoms with Crippen LogP contribution in [0, 0.1) is 6.92 Å². The second-order valence-electron chi connectivity index (χ2n) is 4.72. The maximum absolute atomic E-state index is 5.84. The Labute approximate surface area is 125 Å². The fourth-order valence-electron chi connectivity index (χ4n) is 1.98. The lowest BCUT2D eigenvalue weighted by molar-refractivity contribution is 0.304. The Hall–Kier alpha value is -2.17. The number of ether oxygens (including phenoxy) is 1. The Balaban J connectivity index is 2.06. The minimum atomic E-state index is 0.559. The van der Waals surface area contributed by atoms with Gasteiger partial charge in [-0.05, 0) is 26.0 Å². The monoisotopic (exact) mass is 286 g/mol. The van der Waals surface area contributed by atoms with Crippen molar-refractivity contribution in [3.05, 3.63) is 41.5 Å². The van der Waals surface area contributed by atoms with Crippen molar-refractivity contribution in [2.75, 3.05) is 18.5 Å². The molecule has 0 fully saturated rings. The van der Waals surface area contributed by atoms with Crippen LogP contribution in [0.15, 0.2) is 24.4 Å². The highest BCUT2D eigenvalue weighted by molar-refractivity contribution is 5.48. The minimum Gasteiger partial charge on any atom is -0.477 e. The summed E-state index contributed by atoms with van der Waals surface area (Å²) in [5.74, 6) is 2.32. The van der Waals surface area contributed by atoms with Crippen LogP contribution in [0.2, 0.25) is 0 Å². The number of nitrogens with zero attached hydrogens (tertiary/aromatic N) is 3. The van der Waals surface area contributed by atoms with Crippen molar-refractivity contribution in [1.29, 1.82) is 0 Å². The number of aryl methyl sites for hydroxylation is 1. The van der Waals surface area contributed by atoms with Gasteiger partial charge in [-0.1, -0.05) is 13.0 Å². The lowest BCUT2D eigenvalue weighted by Gasteiger charge is -2.13. The lowest BCUT2D eigenvalue weighted by Crippen LogP contribution is -2.10. The summed E-state index contributed by atoms with van der Waals surface area (Å²) in [7, 11) is 0. The van der Waals surface area contributed by atoms with Crippen LogP contribution in [0.3, 0.4) is 0 Å². The van der Waals surface area contributed by atoms with Gasteiger partial charge in [0.25, 0.3) is 0 Å². The third kappa shape index (κ3) is 4.15. The summed E-state index contributed by atoms with van der Waals surface area (Å²) >= 11 is 0. The fourth-order valence-corrected chi connectivity index (χ4v) is 1.98. The van der Waals surface area contributed by atoms with Crippen LogP contribution in [0.25, 0.3) is 0 Å². The van der Waals surface area contributed by atoms with Crippen LogP contribution in [0.1, 0.15) is 30.9 Å². The first-order chi connectivity index (χ1) is 10.2. The average Bonchev–Trinajstić information content (AvgIpc) is 2.52. The number of nitrogens with one attached hydrogen (secondary N) is 1. The van der Waals surface area contributed by atoms with E-state index in [1.807, 2.05) is 32.0 Å². The Kier molecular flexibility index (Phi) is 5.49. The summed E-state index contributed by atoms with van der Waals surface area (Å²) in [6, 6.07) is 5.89. The van der Waals surface area contributed by atoms with Gasteiger partial charge in [0.05, 0.1) is 12.2 Å². The molecule has 0 aliphatic carbocycles. The van der Waals surface area contributed by atoms with Gasteiger partial charge in [-0.15, -0.1) is 0 Å². The minimum absolute atomic E-state index is 0.559. The van der Waals surface area contributed by atoms with E-state index in [9.17, 15) is 0 Å². The summed E-state index contributed by atoms with van der Waals surface area (Å²) in [5, 5.41) is 3.26. The summed E-state index contributed by atoms with van der Waals surface area (Å²) < 4.78 is 5.84. The third-order valence-electron chi connectivity index (χ3n) is 3.13. The van der Waals surface area contributed by atoms with Crippen molar-refractivity contribution in [3.63, 3.8) is 0 Å². The molecule has 2 rings (SSSR count). The number of aromatic nitrogens is 3. The largest absolute Gasteiger partial charge is 0.477 e. The summed E-state index contributed by atoms with van der Waals surface area (Å²) in [6.45, 7) is 7.46. The molecule has 21 heavy (non-hydrogen) atoms. The van der Waals surface area contributed by atoms with E-state index in [2.05, 4.69) is 27.2 Å². The first kappa shape index (κ1) is 15.2. The molecule has 0 spiro atoms. The number of hydrogen-bond acceptors (Lipinski definition) is 5. The number of pyridine rings is 1. The Bertz CT molecular complexity index is 572. The van der Waals surface area contributed by atoms with Crippen LogP contribution in [0.4, 0.5) is 5.82 Å². The molecule has 0 saturated carbocycles. The van der Waals surface area contributed by atoms with Gasteiger partial charge in [0, 0.05) is 31.3 Å². The van der Waals surface area contributed by atoms with Crippen molar-refractivity contribution in [3.8, 4) is 5.88 Å². The zero-order valence-electron chi connectivity index (χ0n) is 12.9. The van der Waals surface area contributed by atoms with E-state index in [1.165, 1.54) is 0 Å². The standard InChI is InChI=1S/C16H22N4O/c1-4-14-19-15(17-5-2)12(3)16(20-14)21-11-9-13-8-6-7-10-18-13/h6-8,10H,4-5,9,11H2,1-3H3,(H,17,19,20). The summed E-state index contributed by atoms with van der Waals surface area (Å²) in [5.41, 5.74) is 1.97. The van der Waals surface area contributed by atoms with Gasteiger partial charge in [0.2, 0.25) is 5.88 Å². The zero-order valence-corrected chi connectivity index (χ0v) is 12.9. The van der Waals surface area contributed by atoms with E-state index >= 15 is 0 Å². The Morgan fingerprint density at radius 1 is 1.19 bits per heavy atom. The van der Waals surface area contributed by atoms with E-state index in [-0.39, 0.29) is 0 Å². The van der Waals surface area contributed by atoms with Crippen LogP contribution in [-0.2, 0) is 12.8 Å². The second-order valence-corrected chi connectivity index (χ2v) is 4.72. The molecule has 0 aromatic carbocycles. The average molecular weight is 286 g/mol. The lowest BCUT2D eigenvalue weighted by atomic mass is 10.3. The summed E-state index contributed by atoms with van der Waals surface area (Å²) in [6.07, 6.45) is 3.35. The van der Waals surface area contributed by atoms with Gasteiger partial charge in [-0.2, -0.15) is 4.98 Å². The van der Waals surface area contributed by atoms with Gasteiger partial charge in [0.15, 0.2) is 0 Å². The van der Waals surface area contributed by atoms with E-state index in [0.29, 0.717) is 12.5 Å². The van der Waals surface area contributed by atoms with Crippen molar-refractivity contribution in [2.45, 2.75) is 33.6 Å². The maximum atomic E-state index is 5.84. The molecule has 2 aromatic heterocycles. The predicted molar refractivity (Wildman–Crippen MR) is 83.7 cm³/mol. The predicted octanol–water partition coefficient (Wildman–Crippen LogP) is 2.80. The van der Waals surface area contributed by atoms with Gasteiger partial charge >= 0.3 is 0 Å². The second kappa shape index (κ2) is 7.57. The van der Waals surface area contributed by atoms with E-state index < -0.39 is 0 Å². The van der Waals surface area contributed by atoms with E-state index in [1.54, 1.807) is 6.20 Å². The van der Waals surface area contributed by atoms with Gasteiger partial charge in [-0.25, -0.2) is 4.98 Å². The molecule has 0 radical (unpaired) electrons. The van der Waals surface area contributed by atoms with Gasteiger partial charge < -0.3 is 10.1 Å². The Morgan fingerprint density at radius 2 is 2.05 bits per heavy atom. The first-order valence-corrected chi connectivity index (χ1v) is 7.38. The molecule has 5 nitrogen and oxygen atoms in total. The van der Waals surface area contributed by atoms with Crippen molar-refractivity contribution in [2.24, 2.45) is 0 Å². The maximum Gasteiger partial charge on any atom is 0.221 e. The molecule has 5 heteroatoms. The molecule has 2 heterocycles. The molecule has 0 aliphatic rings.